The molecular formula is C31H32F2N12. The van der Waals surface area contributed by atoms with Gasteiger partial charge in [-0.05, 0) is 54.5 Å². The van der Waals surface area contributed by atoms with Crippen molar-refractivity contribution in [2.24, 2.45) is 10.5 Å². The Kier molecular flexibility index (Phi) is 7.46. The van der Waals surface area contributed by atoms with E-state index in [1.54, 1.807) is 23.6 Å². The number of aromatic nitrogens is 4. The quantitative estimate of drug-likeness (QED) is 0.202. The Morgan fingerprint density at radius 2 is 1.91 bits per heavy atom. The normalized spacial score (nSPS) is 15.9. The van der Waals surface area contributed by atoms with Gasteiger partial charge in [0.05, 0.1) is 40.3 Å². The van der Waals surface area contributed by atoms with E-state index >= 15 is 0 Å². The Bertz CT molecular complexity index is 1870. The molecule has 2 aliphatic rings. The summed E-state index contributed by atoms with van der Waals surface area (Å²) in [5, 5.41) is 41.8. The van der Waals surface area contributed by atoms with Crippen LogP contribution in [0.2, 0.25) is 0 Å². The van der Waals surface area contributed by atoms with Crippen LogP contribution in [-0.4, -0.2) is 39.3 Å². The minimum absolute atomic E-state index is 0.0860. The molecule has 2 aromatic heterocycles. The van der Waals surface area contributed by atoms with Crippen LogP contribution in [0.15, 0.2) is 47.8 Å². The topological polar surface area (TPSA) is 155 Å². The van der Waals surface area contributed by atoms with Crippen molar-refractivity contribution < 1.29 is 8.78 Å². The molecule has 4 N–H and O–H groups in total. The first-order valence-electron chi connectivity index (χ1n) is 14.5. The maximum absolute atomic E-state index is 14.0. The largest absolute Gasteiger partial charge is 0.383 e. The molecule has 45 heavy (non-hydrogen) atoms. The van der Waals surface area contributed by atoms with Crippen molar-refractivity contribution >= 4 is 34.3 Å². The number of hydrazone groups is 1. The molecule has 0 unspecified atom stereocenters. The highest BCUT2D eigenvalue weighted by Crippen LogP contribution is 2.48. The molecular weight excluding hydrogens is 578 g/mol. The Morgan fingerprint density at radius 1 is 1.13 bits per heavy atom. The van der Waals surface area contributed by atoms with Gasteiger partial charge in [-0.2, -0.15) is 15.6 Å². The van der Waals surface area contributed by atoms with E-state index in [-0.39, 0.29) is 5.41 Å². The van der Waals surface area contributed by atoms with Crippen molar-refractivity contribution in [2.45, 2.75) is 58.5 Å². The molecule has 3 heterocycles. The molecule has 0 bridgehead atoms. The Hall–Kier alpha value is -5.34. The van der Waals surface area contributed by atoms with Crippen LogP contribution in [0.25, 0.3) is 10.9 Å². The first kappa shape index (κ1) is 29.7. The van der Waals surface area contributed by atoms with E-state index in [1.807, 2.05) is 31.2 Å². The van der Waals surface area contributed by atoms with E-state index in [0.29, 0.717) is 58.5 Å². The van der Waals surface area contributed by atoms with Crippen molar-refractivity contribution in [3.05, 3.63) is 70.7 Å². The number of alkyl halides is 2. The van der Waals surface area contributed by atoms with Gasteiger partial charge in [0.1, 0.15) is 29.7 Å². The molecule has 1 fully saturated rings. The Morgan fingerprint density at radius 3 is 2.56 bits per heavy atom. The second-order valence-corrected chi connectivity index (χ2v) is 12.5. The summed E-state index contributed by atoms with van der Waals surface area (Å²) in [7, 11) is 0. The van der Waals surface area contributed by atoms with Crippen molar-refractivity contribution in [1.82, 2.24) is 31.0 Å². The van der Waals surface area contributed by atoms with Crippen LogP contribution < -0.4 is 26.7 Å². The molecule has 0 spiro atoms. The molecule has 230 valence electrons. The molecule has 1 aliphatic carbocycles. The van der Waals surface area contributed by atoms with Crippen LogP contribution in [0.3, 0.4) is 0 Å². The zero-order valence-corrected chi connectivity index (χ0v) is 25.2. The zero-order valence-electron chi connectivity index (χ0n) is 25.2. The number of benzene rings is 2. The average molecular weight is 611 g/mol. The smallest absolute Gasteiger partial charge is 0.263 e. The molecule has 0 radical (unpaired) electrons. The second kappa shape index (κ2) is 11.3. The van der Waals surface area contributed by atoms with E-state index in [2.05, 4.69) is 75.0 Å². The van der Waals surface area contributed by atoms with Crippen LogP contribution in [0.5, 0.6) is 0 Å². The van der Waals surface area contributed by atoms with E-state index in [0.717, 1.165) is 16.8 Å². The van der Waals surface area contributed by atoms with Gasteiger partial charge in [0, 0.05) is 23.8 Å². The lowest BCUT2D eigenvalue weighted by Crippen LogP contribution is -2.37. The van der Waals surface area contributed by atoms with Crippen molar-refractivity contribution in [1.29, 1.82) is 10.5 Å². The lowest BCUT2D eigenvalue weighted by Gasteiger charge is -2.25. The minimum atomic E-state index is -2.57. The SMILES string of the molecule is Cc1c([C@H](Nc2cc(C#N)c3ncc(C#N)c(NCC(C)(C)C)c3c2)c2cn(C3(C(F)F)CC3)nn2)cccc1N1C=NNN1. The number of halogens is 2. The highest BCUT2D eigenvalue weighted by Gasteiger charge is 2.54. The number of nitrogens with zero attached hydrogens (tertiary/aromatic N) is 8. The summed E-state index contributed by atoms with van der Waals surface area (Å²) in [5.74, 6) is 0. The number of nitriles is 2. The van der Waals surface area contributed by atoms with E-state index < -0.39 is 18.0 Å². The van der Waals surface area contributed by atoms with Crippen molar-refractivity contribution in [2.75, 3.05) is 22.2 Å². The van der Waals surface area contributed by atoms with Crippen molar-refractivity contribution in [3.63, 3.8) is 0 Å². The van der Waals surface area contributed by atoms with Crippen LogP contribution in [-0.2, 0) is 5.54 Å². The molecule has 0 saturated heterocycles. The predicted molar refractivity (Wildman–Crippen MR) is 166 cm³/mol. The summed E-state index contributed by atoms with van der Waals surface area (Å²) in [6.45, 7) is 8.76. The molecule has 1 aliphatic heterocycles. The lowest BCUT2D eigenvalue weighted by atomic mass is 9.95. The van der Waals surface area contributed by atoms with Crippen LogP contribution in [0.1, 0.15) is 67.6 Å². The van der Waals surface area contributed by atoms with Gasteiger partial charge in [0.2, 0.25) is 0 Å². The highest BCUT2D eigenvalue weighted by molar-refractivity contribution is 5.99. The van der Waals surface area contributed by atoms with Crippen LogP contribution >= 0.6 is 0 Å². The Balaban J connectivity index is 1.48. The van der Waals surface area contributed by atoms with Gasteiger partial charge >= 0.3 is 0 Å². The third-order valence-electron chi connectivity index (χ3n) is 8.08. The number of nitrogens with one attached hydrogen (secondary N) is 4. The number of hydrazine groups is 2. The first-order chi connectivity index (χ1) is 21.5. The van der Waals surface area contributed by atoms with E-state index in [9.17, 15) is 19.3 Å². The maximum atomic E-state index is 14.0. The molecule has 1 atom stereocenters. The van der Waals surface area contributed by atoms with Gasteiger partial charge < -0.3 is 10.6 Å². The van der Waals surface area contributed by atoms with Crippen molar-refractivity contribution in [3.8, 4) is 12.1 Å². The first-order valence-corrected chi connectivity index (χ1v) is 14.5. The second-order valence-electron chi connectivity index (χ2n) is 12.5. The maximum Gasteiger partial charge on any atom is 0.263 e. The fourth-order valence-corrected chi connectivity index (χ4v) is 5.42. The fraction of sp³-hybridized carbons (Fsp3) is 0.355. The molecule has 1 saturated carbocycles. The standard InChI is InChI=1S/C31H32F2N12/c1-18-22(6-5-7-25(18)44-17-38-41-43-44)28(24-15-45(42-40-24)31(8-9-31)29(32)33)39-21-10-19(12-34)26-23(11-21)27(20(13-35)14-36-26)37-16-30(2,3)4/h5-7,10-11,14-15,17,28-29,39,41,43H,8-9,16H2,1-4H3,(H,36,37)/t28-/m0/s1. The number of hydrogen-bond donors (Lipinski definition) is 4. The molecule has 6 rings (SSSR count). The summed E-state index contributed by atoms with van der Waals surface area (Å²) in [6.07, 6.45) is 2.70. The van der Waals surface area contributed by atoms with E-state index in [1.165, 1.54) is 10.9 Å². The fourth-order valence-electron chi connectivity index (χ4n) is 5.42. The number of fused-ring (bicyclic) bond motifs is 1. The van der Waals surface area contributed by atoms with Crippen LogP contribution in [0.4, 0.5) is 25.8 Å². The third kappa shape index (κ3) is 5.56. The van der Waals surface area contributed by atoms with Gasteiger partial charge in [0.25, 0.3) is 6.43 Å². The summed E-state index contributed by atoms with van der Waals surface area (Å²) in [6, 6.07) is 13.0. The zero-order chi connectivity index (χ0) is 31.9. The van der Waals surface area contributed by atoms with Gasteiger partial charge in [-0.15, -0.1) is 10.6 Å². The van der Waals surface area contributed by atoms with Gasteiger partial charge in [-0.1, -0.05) is 38.1 Å². The summed E-state index contributed by atoms with van der Waals surface area (Å²) < 4.78 is 29.3. The summed E-state index contributed by atoms with van der Waals surface area (Å²) >= 11 is 0. The minimum Gasteiger partial charge on any atom is -0.383 e. The number of pyridine rings is 1. The van der Waals surface area contributed by atoms with Gasteiger partial charge in [0.15, 0.2) is 0 Å². The molecule has 12 nitrogen and oxygen atoms in total. The summed E-state index contributed by atoms with van der Waals surface area (Å²) in [5.41, 5.74) is 9.34. The molecule has 4 aromatic rings. The number of rotatable bonds is 9. The molecule has 14 heteroatoms. The van der Waals surface area contributed by atoms with E-state index in [4.69, 9.17) is 0 Å². The number of hydrogen-bond acceptors (Lipinski definition) is 11. The number of anilines is 3. The molecule has 0 amide bonds. The lowest BCUT2D eigenvalue weighted by molar-refractivity contribution is 0.0593. The third-order valence-corrected chi connectivity index (χ3v) is 8.08. The van der Waals surface area contributed by atoms with Gasteiger partial charge in [-0.25, -0.2) is 24.0 Å². The predicted octanol–water partition coefficient (Wildman–Crippen LogP) is 5.06. The highest BCUT2D eigenvalue weighted by atomic mass is 19.3. The van der Waals surface area contributed by atoms with Gasteiger partial charge in [-0.3, -0.25) is 4.98 Å². The Labute approximate surface area is 258 Å². The van der Waals surface area contributed by atoms with Crippen LogP contribution in [0, 0.1) is 35.0 Å². The monoisotopic (exact) mass is 610 g/mol. The summed E-state index contributed by atoms with van der Waals surface area (Å²) in [4.78, 5) is 4.45. The molecule has 2 aromatic carbocycles. The average Bonchev–Trinajstić information content (AvgIpc) is 3.39.